The van der Waals surface area contributed by atoms with Crippen LogP contribution in [0.2, 0.25) is 0 Å². The number of nitro groups is 1. The zero-order chi connectivity index (χ0) is 16.7. The number of non-ortho nitro benzene ring substituents is 1. The maximum Gasteiger partial charge on any atom is 0.353 e. The largest absolute Gasteiger partial charge is 0.494 e. The fourth-order valence-corrected chi connectivity index (χ4v) is 1.51. The minimum Gasteiger partial charge on any atom is -0.494 e. The molecule has 0 aliphatic carbocycles. The lowest BCUT2D eigenvalue weighted by Gasteiger charge is -2.07. The molecule has 1 rings (SSSR count). The number of rotatable bonds is 6. The third kappa shape index (κ3) is 4.27. The lowest BCUT2D eigenvalue weighted by molar-refractivity contribution is -0.384. The van der Waals surface area contributed by atoms with Crippen LogP contribution < -0.4 is 4.74 Å². The van der Waals surface area contributed by atoms with Crippen LogP contribution in [0.3, 0.4) is 0 Å². The highest BCUT2D eigenvalue weighted by Crippen LogP contribution is 2.31. The summed E-state index contributed by atoms with van der Waals surface area (Å²) >= 11 is 0. The van der Waals surface area contributed by atoms with E-state index in [1.807, 2.05) is 0 Å². The summed E-state index contributed by atoms with van der Waals surface area (Å²) in [4.78, 5) is 37.1. The molecular weight excluding hydrogens is 296 g/mol. The van der Waals surface area contributed by atoms with Gasteiger partial charge in [0.15, 0.2) is 0 Å². The normalized spacial score (nSPS) is 10.8. The van der Waals surface area contributed by atoms with Gasteiger partial charge in [-0.1, -0.05) is 0 Å². The third-order valence-corrected chi connectivity index (χ3v) is 2.59. The lowest BCUT2D eigenvalue weighted by atomic mass is 10.2. The number of nitro benzene ring substituents is 1. The minimum atomic E-state index is -0.848. The van der Waals surface area contributed by atoms with Crippen molar-refractivity contribution in [3.8, 4) is 5.75 Å². The van der Waals surface area contributed by atoms with E-state index in [1.54, 1.807) is 0 Å². The number of ether oxygens (including phenoxy) is 3. The topological polar surface area (TPSA) is 117 Å². The number of nitrogens with zero attached hydrogens (tertiary/aromatic N) is 2. The summed E-state index contributed by atoms with van der Waals surface area (Å²) in [5.41, 5.74) is -0.462. The van der Waals surface area contributed by atoms with Crippen molar-refractivity contribution in [3.05, 3.63) is 28.3 Å². The van der Waals surface area contributed by atoms with Crippen molar-refractivity contribution < 1.29 is 28.7 Å². The highest BCUT2D eigenvalue weighted by atomic mass is 16.6. The first-order chi connectivity index (χ1) is 10.4. The molecule has 9 heteroatoms. The van der Waals surface area contributed by atoms with Crippen molar-refractivity contribution in [3.63, 3.8) is 0 Å². The smallest absolute Gasteiger partial charge is 0.353 e. The molecule has 1 aromatic carbocycles. The molecule has 0 aromatic heterocycles. The Morgan fingerprint density at radius 3 is 2.41 bits per heavy atom. The third-order valence-electron chi connectivity index (χ3n) is 2.59. The monoisotopic (exact) mass is 310 g/mol. The van der Waals surface area contributed by atoms with Gasteiger partial charge >= 0.3 is 11.9 Å². The fourth-order valence-electron chi connectivity index (χ4n) is 1.51. The molecular formula is C13H14N2O7. The lowest BCUT2D eigenvalue weighted by Crippen LogP contribution is -2.20. The number of hydrogen-bond acceptors (Lipinski definition) is 8. The zero-order valence-electron chi connectivity index (χ0n) is 12.2. The molecule has 0 bridgehead atoms. The Bertz CT molecular complexity index is 625. The van der Waals surface area contributed by atoms with E-state index in [4.69, 9.17) is 4.74 Å². The molecule has 0 atom stereocenters. The van der Waals surface area contributed by atoms with E-state index in [0.717, 1.165) is 20.3 Å². The van der Waals surface area contributed by atoms with Crippen LogP contribution in [0.5, 0.6) is 5.75 Å². The van der Waals surface area contributed by atoms with Gasteiger partial charge in [-0.3, -0.25) is 14.9 Å². The summed E-state index contributed by atoms with van der Waals surface area (Å²) < 4.78 is 14.0. The number of benzene rings is 1. The Balaban J connectivity index is 3.33. The Hall–Kier alpha value is -2.97. The Kier molecular flexibility index (Phi) is 5.99. The molecule has 0 N–H and O–H groups in total. The van der Waals surface area contributed by atoms with E-state index < -0.39 is 23.3 Å². The van der Waals surface area contributed by atoms with Gasteiger partial charge in [0.25, 0.3) is 5.69 Å². The summed E-state index contributed by atoms with van der Waals surface area (Å²) in [5.74, 6) is -1.34. The second kappa shape index (κ2) is 7.72. The molecule has 0 saturated heterocycles. The van der Waals surface area contributed by atoms with E-state index in [0.29, 0.717) is 0 Å². The van der Waals surface area contributed by atoms with E-state index in [1.165, 1.54) is 19.2 Å². The first-order valence-corrected chi connectivity index (χ1v) is 5.98. The van der Waals surface area contributed by atoms with E-state index in [2.05, 4.69) is 14.5 Å². The van der Waals surface area contributed by atoms with Crippen LogP contribution >= 0.6 is 0 Å². The van der Waals surface area contributed by atoms with Crippen LogP contribution in [0.15, 0.2) is 23.2 Å². The standard InChI is InChI=1S/C13H14N2O7/c1-20-11-5-4-8(15(18)19)6-9(11)14-10(13(17)22-3)7-12(16)21-2/h4-6H,7H2,1-3H3. The van der Waals surface area contributed by atoms with Gasteiger partial charge in [-0.05, 0) is 6.07 Å². The molecule has 9 nitrogen and oxygen atoms in total. The molecule has 0 amide bonds. The second-order valence-electron chi connectivity index (χ2n) is 3.92. The molecule has 118 valence electrons. The molecule has 0 aliphatic heterocycles. The Morgan fingerprint density at radius 1 is 1.23 bits per heavy atom. The number of carbonyl (C=O) groups excluding carboxylic acids is 2. The number of aliphatic imine (C=N–C) groups is 1. The predicted octanol–water partition coefficient (Wildman–Crippen LogP) is 1.41. The predicted molar refractivity (Wildman–Crippen MR) is 75.4 cm³/mol. The number of carbonyl (C=O) groups is 2. The van der Waals surface area contributed by atoms with E-state index >= 15 is 0 Å². The number of esters is 2. The van der Waals surface area contributed by atoms with Crippen molar-refractivity contribution in [1.29, 1.82) is 0 Å². The quantitative estimate of drug-likeness (QED) is 0.337. The summed E-state index contributed by atoms with van der Waals surface area (Å²) in [7, 11) is 3.63. The minimum absolute atomic E-state index is 0.0287. The Labute approximate surface area is 125 Å². The van der Waals surface area contributed by atoms with E-state index in [-0.39, 0.29) is 22.8 Å². The van der Waals surface area contributed by atoms with Crippen molar-refractivity contribution >= 4 is 29.0 Å². The first-order valence-electron chi connectivity index (χ1n) is 5.98. The molecule has 1 aromatic rings. The van der Waals surface area contributed by atoms with Crippen molar-refractivity contribution in [2.24, 2.45) is 4.99 Å². The zero-order valence-corrected chi connectivity index (χ0v) is 12.2. The molecule has 0 fully saturated rings. The van der Waals surface area contributed by atoms with Gasteiger partial charge in [-0.15, -0.1) is 0 Å². The molecule has 22 heavy (non-hydrogen) atoms. The molecule has 0 aliphatic rings. The van der Waals surface area contributed by atoms with Gasteiger partial charge in [0.05, 0.1) is 32.7 Å². The highest BCUT2D eigenvalue weighted by molar-refractivity contribution is 6.39. The van der Waals surface area contributed by atoms with Crippen LogP contribution in [0.1, 0.15) is 6.42 Å². The summed E-state index contributed by atoms with van der Waals surface area (Å²) in [5, 5.41) is 10.8. The van der Waals surface area contributed by atoms with Gasteiger partial charge in [0, 0.05) is 12.1 Å². The average Bonchev–Trinajstić information content (AvgIpc) is 2.52. The van der Waals surface area contributed by atoms with Crippen molar-refractivity contribution in [2.75, 3.05) is 21.3 Å². The first kappa shape index (κ1) is 17.1. The summed E-state index contributed by atoms with van der Waals surface area (Å²) in [6.07, 6.45) is -0.435. The van der Waals surface area contributed by atoms with Gasteiger partial charge in [0.1, 0.15) is 17.1 Å². The van der Waals surface area contributed by atoms with Gasteiger partial charge in [0.2, 0.25) is 0 Å². The molecule has 0 unspecified atom stereocenters. The summed E-state index contributed by atoms with van der Waals surface area (Å²) in [6, 6.07) is 3.69. The van der Waals surface area contributed by atoms with Crippen LogP contribution in [-0.4, -0.2) is 43.9 Å². The Morgan fingerprint density at radius 2 is 1.91 bits per heavy atom. The molecule has 0 saturated carbocycles. The number of hydrogen-bond donors (Lipinski definition) is 0. The SMILES string of the molecule is COC(=O)CC(=Nc1cc([N+](=O)[O-])ccc1OC)C(=O)OC. The van der Waals surface area contributed by atoms with Crippen LogP contribution in [0.25, 0.3) is 0 Å². The van der Waals surface area contributed by atoms with Crippen molar-refractivity contribution in [1.82, 2.24) is 0 Å². The average molecular weight is 310 g/mol. The van der Waals surface area contributed by atoms with Gasteiger partial charge in [-0.2, -0.15) is 0 Å². The molecule has 0 radical (unpaired) electrons. The summed E-state index contributed by atoms with van der Waals surface area (Å²) in [6.45, 7) is 0. The van der Waals surface area contributed by atoms with E-state index in [9.17, 15) is 19.7 Å². The van der Waals surface area contributed by atoms with Crippen LogP contribution in [-0.2, 0) is 19.1 Å². The number of methoxy groups -OCH3 is 3. The highest BCUT2D eigenvalue weighted by Gasteiger charge is 2.19. The second-order valence-corrected chi connectivity index (χ2v) is 3.92. The maximum absolute atomic E-state index is 11.7. The fraction of sp³-hybridized carbons (Fsp3) is 0.308. The van der Waals surface area contributed by atoms with Gasteiger partial charge < -0.3 is 14.2 Å². The van der Waals surface area contributed by atoms with Gasteiger partial charge in [-0.25, -0.2) is 9.79 Å². The maximum atomic E-state index is 11.7. The molecule has 0 heterocycles. The molecule has 0 spiro atoms. The van der Waals surface area contributed by atoms with Crippen molar-refractivity contribution in [2.45, 2.75) is 6.42 Å². The van der Waals surface area contributed by atoms with Crippen LogP contribution in [0, 0.1) is 10.1 Å². The van der Waals surface area contributed by atoms with Crippen LogP contribution in [0.4, 0.5) is 11.4 Å².